The summed E-state index contributed by atoms with van der Waals surface area (Å²) in [4.78, 5) is 6.70. The Kier molecular flexibility index (Phi) is 3.62. The molecule has 0 saturated heterocycles. The van der Waals surface area contributed by atoms with Crippen LogP contribution in [-0.4, -0.2) is 28.6 Å². The van der Waals surface area contributed by atoms with Crippen LogP contribution in [0.4, 0.5) is 5.13 Å². The van der Waals surface area contributed by atoms with Crippen molar-refractivity contribution >= 4 is 26.5 Å². The number of nitrogens with one attached hydrogen (secondary N) is 2. The van der Waals surface area contributed by atoms with Crippen molar-refractivity contribution in [3.8, 4) is 0 Å². The van der Waals surface area contributed by atoms with Gasteiger partial charge in [-0.05, 0) is 6.42 Å². The standard InChI is InChI=1S/C9H13N5O2S2/c1-3-6-10-5-8(11-6)18(15,16)14-9-13-12-7(4-2)17-9/h5H,3-4H2,1-2H3,(H,10,11)(H,13,14). The van der Waals surface area contributed by atoms with Gasteiger partial charge in [0.1, 0.15) is 10.8 Å². The number of sulfonamides is 1. The first-order valence-electron chi connectivity index (χ1n) is 5.44. The molecule has 2 aromatic rings. The summed E-state index contributed by atoms with van der Waals surface area (Å²) in [6, 6.07) is 0. The molecule has 18 heavy (non-hydrogen) atoms. The van der Waals surface area contributed by atoms with Crippen LogP contribution >= 0.6 is 11.3 Å². The van der Waals surface area contributed by atoms with Crippen molar-refractivity contribution < 1.29 is 8.42 Å². The molecule has 0 saturated carbocycles. The highest BCUT2D eigenvalue weighted by Crippen LogP contribution is 2.19. The van der Waals surface area contributed by atoms with Crippen LogP contribution in [0.25, 0.3) is 0 Å². The van der Waals surface area contributed by atoms with E-state index in [1.165, 1.54) is 17.5 Å². The Morgan fingerprint density at radius 3 is 2.67 bits per heavy atom. The summed E-state index contributed by atoms with van der Waals surface area (Å²) in [7, 11) is -3.66. The van der Waals surface area contributed by atoms with Crippen LogP contribution in [-0.2, 0) is 22.9 Å². The fourth-order valence-electron chi connectivity index (χ4n) is 1.27. The summed E-state index contributed by atoms with van der Waals surface area (Å²) in [5, 5.41) is 8.70. The Morgan fingerprint density at radius 1 is 1.33 bits per heavy atom. The number of aromatic nitrogens is 4. The Hall–Kier alpha value is -1.48. The molecule has 0 aliphatic rings. The van der Waals surface area contributed by atoms with Crippen molar-refractivity contribution in [1.82, 2.24) is 20.2 Å². The highest BCUT2D eigenvalue weighted by Gasteiger charge is 2.19. The molecule has 0 radical (unpaired) electrons. The van der Waals surface area contributed by atoms with Crippen LogP contribution in [0, 0.1) is 0 Å². The molecular weight excluding hydrogens is 274 g/mol. The van der Waals surface area contributed by atoms with E-state index in [1.807, 2.05) is 13.8 Å². The maximum Gasteiger partial charge on any atom is 0.280 e. The molecule has 0 amide bonds. The third-order valence-corrected chi connectivity index (χ3v) is 4.58. The largest absolute Gasteiger partial charge is 0.332 e. The van der Waals surface area contributed by atoms with Gasteiger partial charge in [0.2, 0.25) is 5.13 Å². The molecule has 0 fully saturated rings. The Balaban J connectivity index is 2.21. The van der Waals surface area contributed by atoms with E-state index < -0.39 is 10.0 Å². The molecule has 2 aromatic heterocycles. The predicted molar refractivity (Wildman–Crippen MR) is 68.1 cm³/mol. The van der Waals surface area contributed by atoms with Crippen LogP contribution in [0.15, 0.2) is 11.2 Å². The summed E-state index contributed by atoms with van der Waals surface area (Å²) < 4.78 is 26.3. The molecule has 0 unspecified atom stereocenters. The third kappa shape index (κ3) is 2.67. The lowest BCUT2D eigenvalue weighted by Crippen LogP contribution is -2.13. The summed E-state index contributed by atoms with van der Waals surface area (Å²) in [6.45, 7) is 3.82. The van der Waals surface area contributed by atoms with Gasteiger partial charge in [-0.3, -0.25) is 4.72 Å². The lowest BCUT2D eigenvalue weighted by atomic mass is 10.5. The molecule has 2 N–H and O–H groups in total. The number of aromatic amines is 1. The van der Waals surface area contributed by atoms with Gasteiger partial charge in [-0.1, -0.05) is 25.2 Å². The van der Waals surface area contributed by atoms with Crippen LogP contribution in [0.1, 0.15) is 24.7 Å². The SMILES string of the molecule is CCc1ncc(S(=O)(=O)Nc2nnc(CC)s2)[nH]1. The number of aryl methyl sites for hydroxylation is 2. The molecule has 0 bridgehead atoms. The molecule has 98 valence electrons. The Morgan fingerprint density at radius 2 is 2.11 bits per heavy atom. The van der Waals surface area contributed by atoms with E-state index in [0.29, 0.717) is 12.2 Å². The molecule has 0 atom stereocenters. The van der Waals surface area contributed by atoms with Gasteiger partial charge in [-0.25, -0.2) is 4.98 Å². The quantitative estimate of drug-likeness (QED) is 0.860. The van der Waals surface area contributed by atoms with E-state index in [0.717, 1.165) is 11.4 Å². The average Bonchev–Trinajstić information content (AvgIpc) is 2.96. The minimum atomic E-state index is -3.66. The average molecular weight is 287 g/mol. The Labute approximate surface area is 109 Å². The second-order valence-electron chi connectivity index (χ2n) is 3.51. The summed E-state index contributed by atoms with van der Waals surface area (Å²) >= 11 is 1.22. The van der Waals surface area contributed by atoms with Crippen LogP contribution in [0.2, 0.25) is 0 Å². The molecule has 9 heteroatoms. The molecule has 7 nitrogen and oxygen atoms in total. The minimum Gasteiger partial charge on any atom is -0.332 e. The minimum absolute atomic E-state index is 0.0348. The monoisotopic (exact) mass is 287 g/mol. The maximum atomic E-state index is 12.0. The van der Waals surface area contributed by atoms with E-state index in [2.05, 4.69) is 24.9 Å². The lowest BCUT2D eigenvalue weighted by Gasteiger charge is -2.00. The fourth-order valence-corrected chi connectivity index (χ4v) is 3.12. The van der Waals surface area contributed by atoms with Gasteiger partial charge in [-0.2, -0.15) is 8.42 Å². The lowest BCUT2D eigenvalue weighted by molar-refractivity contribution is 0.598. The zero-order chi connectivity index (χ0) is 13.2. The zero-order valence-electron chi connectivity index (χ0n) is 9.97. The topological polar surface area (TPSA) is 101 Å². The maximum absolute atomic E-state index is 12.0. The van der Waals surface area contributed by atoms with E-state index in [9.17, 15) is 8.42 Å². The molecule has 2 rings (SSSR count). The summed E-state index contributed by atoms with van der Waals surface area (Å²) in [5.41, 5.74) is 0. The number of nitrogens with zero attached hydrogens (tertiary/aromatic N) is 3. The number of hydrogen-bond donors (Lipinski definition) is 2. The van der Waals surface area contributed by atoms with Gasteiger partial charge in [-0.15, -0.1) is 10.2 Å². The number of anilines is 1. The fraction of sp³-hybridized carbons (Fsp3) is 0.444. The third-order valence-electron chi connectivity index (χ3n) is 2.22. The van der Waals surface area contributed by atoms with Crippen LogP contribution in [0.3, 0.4) is 0 Å². The van der Waals surface area contributed by atoms with Gasteiger partial charge in [0, 0.05) is 6.42 Å². The number of hydrogen-bond acceptors (Lipinski definition) is 6. The van der Waals surface area contributed by atoms with Gasteiger partial charge >= 0.3 is 0 Å². The zero-order valence-corrected chi connectivity index (χ0v) is 11.6. The van der Waals surface area contributed by atoms with E-state index in [1.54, 1.807) is 0 Å². The van der Waals surface area contributed by atoms with Gasteiger partial charge < -0.3 is 4.98 Å². The van der Waals surface area contributed by atoms with Crippen molar-refractivity contribution in [1.29, 1.82) is 0 Å². The summed E-state index contributed by atoms with van der Waals surface area (Å²) in [5.74, 6) is 0.627. The van der Waals surface area contributed by atoms with E-state index in [4.69, 9.17) is 0 Å². The smallest absolute Gasteiger partial charge is 0.280 e. The first-order chi connectivity index (χ1) is 8.55. The van der Waals surface area contributed by atoms with Crippen molar-refractivity contribution in [3.05, 3.63) is 17.0 Å². The molecule has 2 heterocycles. The van der Waals surface area contributed by atoms with Gasteiger partial charge in [0.25, 0.3) is 10.0 Å². The molecule has 0 spiro atoms. The second-order valence-corrected chi connectivity index (χ2v) is 6.22. The number of H-pyrrole nitrogens is 1. The number of imidazole rings is 1. The van der Waals surface area contributed by atoms with E-state index >= 15 is 0 Å². The van der Waals surface area contributed by atoms with Crippen LogP contribution < -0.4 is 4.72 Å². The number of rotatable bonds is 5. The molecule has 0 aromatic carbocycles. The van der Waals surface area contributed by atoms with Gasteiger partial charge in [0.05, 0.1) is 6.20 Å². The van der Waals surface area contributed by atoms with Crippen molar-refractivity contribution in [2.75, 3.05) is 4.72 Å². The second kappa shape index (κ2) is 5.02. The Bertz CT molecular complexity index is 631. The molecule has 0 aliphatic carbocycles. The van der Waals surface area contributed by atoms with Gasteiger partial charge in [0.15, 0.2) is 5.03 Å². The first-order valence-corrected chi connectivity index (χ1v) is 7.74. The summed E-state index contributed by atoms with van der Waals surface area (Å²) in [6.07, 6.45) is 2.67. The van der Waals surface area contributed by atoms with Crippen molar-refractivity contribution in [3.63, 3.8) is 0 Å². The normalized spacial score (nSPS) is 11.7. The highest BCUT2D eigenvalue weighted by atomic mass is 32.2. The van der Waals surface area contributed by atoms with Crippen molar-refractivity contribution in [2.45, 2.75) is 31.7 Å². The van der Waals surface area contributed by atoms with Crippen molar-refractivity contribution in [2.24, 2.45) is 0 Å². The van der Waals surface area contributed by atoms with E-state index in [-0.39, 0.29) is 10.2 Å². The van der Waals surface area contributed by atoms with Crippen LogP contribution in [0.5, 0.6) is 0 Å². The highest BCUT2D eigenvalue weighted by molar-refractivity contribution is 7.92. The predicted octanol–water partition coefficient (Wildman–Crippen LogP) is 1.19. The molecular formula is C9H13N5O2S2. The first kappa shape index (κ1) is 13.0. The molecule has 0 aliphatic heterocycles.